The number of piperazine rings is 1. The summed E-state index contributed by atoms with van der Waals surface area (Å²) in [6, 6.07) is 0. The maximum absolute atomic E-state index is 11.1. The molecule has 0 radical (unpaired) electrons. The zero-order valence-corrected chi connectivity index (χ0v) is 9.64. The predicted octanol–water partition coefficient (Wildman–Crippen LogP) is 0.554. The minimum atomic E-state index is -0.773. The molecule has 1 fully saturated rings. The molecule has 1 rings (SSSR count). The van der Waals surface area contributed by atoms with Crippen LogP contribution in [-0.4, -0.2) is 52.4 Å². The summed E-state index contributed by atoms with van der Waals surface area (Å²) in [5.41, 5.74) is 0. The van der Waals surface area contributed by atoms with Gasteiger partial charge in [-0.15, -0.1) is 0 Å². The van der Waals surface area contributed by atoms with Crippen LogP contribution >= 0.6 is 0 Å². The fraction of sp³-hybridized carbons (Fsp3) is 1.00. The molecule has 1 atom stereocenters. The van der Waals surface area contributed by atoms with Crippen LogP contribution in [0.1, 0.15) is 13.8 Å². The van der Waals surface area contributed by atoms with Gasteiger partial charge in [0.15, 0.2) is 0 Å². The Labute approximate surface area is 83.7 Å². The van der Waals surface area contributed by atoms with Gasteiger partial charge in [-0.3, -0.25) is 0 Å². The van der Waals surface area contributed by atoms with Crippen molar-refractivity contribution in [1.29, 1.82) is 0 Å². The lowest BCUT2D eigenvalue weighted by Gasteiger charge is -2.33. The van der Waals surface area contributed by atoms with Crippen LogP contribution in [0.3, 0.4) is 0 Å². The third-order valence-electron chi connectivity index (χ3n) is 2.32. The van der Waals surface area contributed by atoms with Gasteiger partial charge in [0.2, 0.25) is 0 Å². The van der Waals surface area contributed by atoms with Gasteiger partial charge in [-0.25, -0.2) is 8.51 Å². The number of hydrogen-bond donors (Lipinski definition) is 0. The molecule has 0 aromatic carbocycles. The quantitative estimate of drug-likeness (QED) is 0.670. The average Bonchev–Trinajstić information content (AvgIpc) is 2.04. The summed E-state index contributed by atoms with van der Waals surface area (Å²) in [6.07, 6.45) is 1.76. The Morgan fingerprint density at radius 1 is 1.23 bits per heavy atom. The predicted molar refractivity (Wildman–Crippen MR) is 56.9 cm³/mol. The van der Waals surface area contributed by atoms with Gasteiger partial charge in [0.05, 0.1) is 11.0 Å². The summed E-state index contributed by atoms with van der Waals surface area (Å²) in [5, 5.41) is 0. The van der Waals surface area contributed by atoms with Crippen LogP contribution in [0.2, 0.25) is 0 Å². The second-order valence-electron chi connectivity index (χ2n) is 4.05. The summed E-state index contributed by atoms with van der Waals surface area (Å²) in [4.78, 5) is 2.45. The van der Waals surface area contributed by atoms with Gasteiger partial charge in [-0.2, -0.15) is 0 Å². The van der Waals surface area contributed by atoms with Gasteiger partial charge in [0.25, 0.3) is 0 Å². The second-order valence-corrected chi connectivity index (χ2v) is 5.41. The minimum absolute atomic E-state index is 0.735. The first-order valence-corrected chi connectivity index (χ1v) is 6.42. The van der Waals surface area contributed by atoms with E-state index in [4.69, 9.17) is 0 Å². The smallest absolute Gasteiger partial charge is 0.0911 e. The molecule has 0 amide bonds. The molecule has 13 heavy (non-hydrogen) atoms. The van der Waals surface area contributed by atoms with Crippen LogP contribution in [0.15, 0.2) is 0 Å². The molecular weight excluding hydrogens is 184 g/mol. The third-order valence-corrected chi connectivity index (χ3v) is 3.41. The van der Waals surface area contributed by atoms with E-state index < -0.39 is 11.0 Å². The van der Waals surface area contributed by atoms with Crippen molar-refractivity contribution < 1.29 is 4.21 Å². The number of nitrogens with zero attached hydrogens (tertiary/aromatic N) is 2. The van der Waals surface area contributed by atoms with Crippen LogP contribution in [0, 0.1) is 5.92 Å². The monoisotopic (exact) mass is 204 g/mol. The molecule has 1 heterocycles. The lowest BCUT2D eigenvalue weighted by atomic mass is 10.2. The molecule has 1 unspecified atom stereocenters. The molecule has 0 aromatic heterocycles. The first-order chi connectivity index (χ1) is 6.09. The Kier molecular flexibility index (Phi) is 4.35. The molecule has 0 aromatic rings. The molecule has 1 saturated heterocycles. The van der Waals surface area contributed by atoms with E-state index in [9.17, 15) is 4.21 Å². The van der Waals surface area contributed by atoms with Crippen molar-refractivity contribution in [2.24, 2.45) is 5.92 Å². The summed E-state index contributed by atoms with van der Waals surface area (Å²) < 4.78 is 13.2. The average molecular weight is 204 g/mol. The highest BCUT2D eigenvalue weighted by atomic mass is 32.2. The molecule has 1 aliphatic heterocycles. The summed E-state index contributed by atoms with van der Waals surface area (Å²) in [6.45, 7) is 9.69. The molecule has 0 saturated carbocycles. The Hall–Kier alpha value is 0.0700. The highest BCUT2D eigenvalue weighted by molar-refractivity contribution is 7.81. The molecule has 0 spiro atoms. The van der Waals surface area contributed by atoms with Crippen LogP contribution in [0.25, 0.3) is 0 Å². The Morgan fingerprint density at radius 2 is 1.77 bits per heavy atom. The highest BCUT2D eigenvalue weighted by Crippen LogP contribution is 2.05. The summed E-state index contributed by atoms with van der Waals surface area (Å²) in [7, 11) is -0.773. The van der Waals surface area contributed by atoms with Crippen molar-refractivity contribution in [2.75, 3.05) is 39.0 Å². The van der Waals surface area contributed by atoms with Crippen molar-refractivity contribution in [2.45, 2.75) is 13.8 Å². The summed E-state index contributed by atoms with van der Waals surface area (Å²) >= 11 is 0. The molecule has 0 aliphatic carbocycles. The first-order valence-electron chi connectivity index (χ1n) is 4.90. The molecule has 3 nitrogen and oxygen atoms in total. The van der Waals surface area contributed by atoms with E-state index in [0.29, 0.717) is 0 Å². The first kappa shape index (κ1) is 11.1. The molecular formula is C9H20N2OS. The number of hydrogen-bond acceptors (Lipinski definition) is 2. The van der Waals surface area contributed by atoms with Gasteiger partial charge in [0.1, 0.15) is 0 Å². The van der Waals surface area contributed by atoms with E-state index in [1.54, 1.807) is 6.26 Å². The van der Waals surface area contributed by atoms with Crippen LogP contribution < -0.4 is 0 Å². The van der Waals surface area contributed by atoms with Crippen molar-refractivity contribution in [3.05, 3.63) is 0 Å². The van der Waals surface area contributed by atoms with Crippen molar-refractivity contribution >= 4 is 11.0 Å². The van der Waals surface area contributed by atoms with E-state index >= 15 is 0 Å². The Morgan fingerprint density at radius 3 is 2.15 bits per heavy atom. The SMILES string of the molecule is CC(C)CN1CCN(S(C)=O)CC1. The van der Waals surface area contributed by atoms with E-state index in [0.717, 1.165) is 32.1 Å². The van der Waals surface area contributed by atoms with Gasteiger partial charge >= 0.3 is 0 Å². The molecule has 0 N–H and O–H groups in total. The lowest BCUT2D eigenvalue weighted by Crippen LogP contribution is -2.47. The van der Waals surface area contributed by atoms with Crippen LogP contribution in [-0.2, 0) is 11.0 Å². The van der Waals surface area contributed by atoms with Gasteiger partial charge < -0.3 is 4.90 Å². The van der Waals surface area contributed by atoms with Crippen molar-refractivity contribution in [3.63, 3.8) is 0 Å². The third kappa shape index (κ3) is 3.75. The van der Waals surface area contributed by atoms with Gasteiger partial charge in [0, 0.05) is 39.0 Å². The fourth-order valence-electron chi connectivity index (χ4n) is 1.69. The molecule has 0 bridgehead atoms. The van der Waals surface area contributed by atoms with E-state index in [2.05, 4.69) is 18.7 Å². The standard InChI is InChI=1S/C9H20N2OS/c1-9(2)8-10-4-6-11(7-5-10)13(3)12/h9H,4-8H2,1-3H3. The normalized spacial score (nSPS) is 23.7. The van der Waals surface area contributed by atoms with E-state index in [1.165, 1.54) is 6.54 Å². The molecule has 1 aliphatic rings. The van der Waals surface area contributed by atoms with E-state index in [1.807, 2.05) is 4.31 Å². The van der Waals surface area contributed by atoms with Crippen molar-refractivity contribution in [3.8, 4) is 0 Å². The summed E-state index contributed by atoms with van der Waals surface area (Å²) in [5.74, 6) is 0.735. The Bertz CT molecular complexity index is 176. The molecule has 78 valence electrons. The van der Waals surface area contributed by atoms with Gasteiger partial charge in [-0.1, -0.05) is 13.8 Å². The Balaban J connectivity index is 2.26. The maximum Gasteiger partial charge on any atom is 0.0911 e. The fourth-order valence-corrected chi connectivity index (χ4v) is 2.36. The second kappa shape index (κ2) is 5.08. The van der Waals surface area contributed by atoms with E-state index in [-0.39, 0.29) is 0 Å². The van der Waals surface area contributed by atoms with Crippen molar-refractivity contribution in [1.82, 2.24) is 9.21 Å². The number of rotatable bonds is 3. The lowest BCUT2D eigenvalue weighted by molar-refractivity contribution is 0.176. The largest absolute Gasteiger partial charge is 0.300 e. The zero-order chi connectivity index (χ0) is 9.84. The zero-order valence-electron chi connectivity index (χ0n) is 8.82. The topological polar surface area (TPSA) is 23.6 Å². The van der Waals surface area contributed by atoms with Crippen LogP contribution in [0.4, 0.5) is 0 Å². The molecule has 4 heteroatoms. The van der Waals surface area contributed by atoms with Gasteiger partial charge in [-0.05, 0) is 5.92 Å². The van der Waals surface area contributed by atoms with Crippen LogP contribution in [0.5, 0.6) is 0 Å². The minimum Gasteiger partial charge on any atom is -0.300 e. The highest BCUT2D eigenvalue weighted by Gasteiger charge is 2.18. The maximum atomic E-state index is 11.1.